The molecule has 0 saturated heterocycles. The van der Waals surface area contributed by atoms with E-state index < -0.39 is 11.7 Å². The standard InChI is InChI=1S/C22H28F3NO/c1-6-20(2,3)14-21(4,5)15-7-10-17(11-8-15)27-19-12-9-16(13-18(19)26)22(23,24)25/h7-13H,6,14,26H2,1-5H3. The third-order valence-corrected chi connectivity index (χ3v) is 5.08. The van der Waals surface area contributed by atoms with Crippen molar-refractivity contribution in [1.29, 1.82) is 0 Å². The smallest absolute Gasteiger partial charge is 0.416 e. The number of anilines is 1. The molecule has 0 saturated carbocycles. The second kappa shape index (κ2) is 7.45. The molecule has 0 amide bonds. The molecule has 0 radical (unpaired) electrons. The van der Waals surface area contributed by atoms with E-state index in [1.165, 1.54) is 11.6 Å². The highest BCUT2D eigenvalue weighted by Crippen LogP contribution is 2.39. The van der Waals surface area contributed by atoms with Crippen molar-refractivity contribution in [3.8, 4) is 11.5 Å². The maximum Gasteiger partial charge on any atom is 0.416 e. The molecule has 0 aliphatic carbocycles. The van der Waals surface area contributed by atoms with Gasteiger partial charge in [-0.05, 0) is 53.1 Å². The van der Waals surface area contributed by atoms with Crippen LogP contribution in [0.3, 0.4) is 0 Å². The minimum absolute atomic E-state index is 0.00538. The van der Waals surface area contributed by atoms with Gasteiger partial charge in [0, 0.05) is 0 Å². The van der Waals surface area contributed by atoms with Crippen molar-refractivity contribution in [1.82, 2.24) is 0 Å². The second-order valence-corrected chi connectivity index (χ2v) is 8.46. The number of ether oxygens (including phenoxy) is 1. The third-order valence-electron chi connectivity index (χ3n) is 5.08. The van der Waals surface area contributed by atoms with Crippen molar-refractivity contribution >= 4 is 5.69 Å². The van der Waals surface area contributed by atoms with E-state index in [1.807, 2.05) is 24.3 Å². The van der Waals surface area contributed by atoms with Gasteiger partial charge in [0.25, 0.3) is 0 Å². The van der Waals surface area contributed by atoms with Crippen molar-refractivity contribution in [2.24, 2.45) is 5.41 Å². The first-order valence-electron chi connectivity index (χ1n) is 9.09. The predicted molar refractivity (Wildman–Crippen MR) is 104 cm³/mol. The molecule has 5 heteroatoms. The van der Waals surface area contributed by atoms with Gasteiger partial charge in [-0.25, -0.2) is 0 Å². The van der Waals surface area contributed by atoms with Gasteiger partial charge >= 0.3 is 6.18 Å². The van der Waals surface area contributed by atoms with Gasteiger partial charge in [-0.3, -0.25) is 0 Å². The number of benzene rings is 2. The topological polar surface area (TPSA) is 35.2 Å². The van der Waals surface area contributed by atoms with E-state index in [0.29, 0.717) is 5.75 Å². The summed E-state index contributed by atoms with van der Waals surface area (Å²) in [6, 6.07) is 10.8. The normalized spacial score (nSPS) is 12.9. The van der Waals surface area contributed by atoms with Crippen LogP contribution in [-0.4, -0.2) is 0 Å². The number of halogens is 3. The maximum atomic E-state index is 12.7. The maximum absolute atomic E-state index is 12.7. The van der Waals surface area contributed by atoms with Crippen LogP contribution in [0.4, 0.5) is 18.9 Å². The summed E-state index contributed by atoms with van der Waals surface area (Å²) >= 11 is 0. The average molecular weight is 379 g/mol. The minimum atomic E-state index is -4.42. The second-order valence-electron chi connectivity index (χ2n) is 8.46. The summed E-state index contributed by atoms with van der Waals surface area (Å²) in [6.07, 6.45) is -2.28. The number of rotatable bonds is 6. The molecule has 2 nitrogen and oxygen atoms in total. The molecule has 0 unspecified atom stereocenters. The lowest BCUT2D eigenvalue weighted by molar-refractivity contribution is -0.137. The SMILES string of the molecule is CCC(C)(C)CC(C)(C)c1ccc(Oc2ccc(C(F)(F)F)cc2N)cc1. The van der Waals surface area contributed by atoms with Crippen molar-refractivity contribution in [2.75, 3.05) is 5.73 Å². The lowest BCUT2D eigenvalue weighted by Crippen LogP contribution is -2.26. The van der Waals surface area contributed by atoms with Crippen LogP contribution < -0.4 is 10.5 Å². The van der Waals surface area contributed by atoms with Gasteiger partial charge in [0.15, 0.2) is 0 Å². The van der Waals surface area contributed by atoms with Crippen LogP contribution in [0.25, 0.3) is 0 Å². The Morgan fingerprint density at radius 2 is 1.44 bits per heavy atom. The molecule has 0 fully saturated rings. The number of alkyl halides is 3. The fourth-order valence-corrected chi connectivity index (χ4v) is 3.34. The summed E-state index contributed by atoms with van der Waals surface area (Å²) in [4.78, 5) is 0. The summed E-state index contributed by atoms with van der Waals surface area (Å²) in [5, 5.41) is 0. The fourth-order valence-electron chi connectivity index (χ4n) is 3.34. The zero-order valence-electron chi connectivity index (χ0n) is 16.6. The van der Waals surface area contributed by atoms with Crippen LogP contribution in [0.1, 0.15) is 58.6 Å². The predicted octanol–water partition coefficient (Wildman–Crippen LogP) is 7.18. The Morgan fingerprint density at radius 3 is 1.93 bits per heavy atom. The van der Waals surface area contributed by atoms with Gasteiger partial charge < -0.3 is 10.5 Å². The molecule has 0 aliphatic heterocycles. The average Bonchev–Trinajstić information content (AvgIpc) is 2.55. The highest BCUT2D eigenvalue weighted by molar-refractivity contribution is 5.56. The molecule has 2 aromatic rings. The Labute approximate surface area is 159 Å². The largest absolute Gasteiger partial charge is 0.455 e. The molecule has 2 N–H and O–H groups in total. The lowest BCUT2D eigenvalue weighted by Gasteiger charge is -2.35. The zero-order chi connectivity index (χ0) is 20.5. The molecule has 0 heterocycles. The van der Waals surface area contributed by atoms with Crippen LogP contribution in [0, 0.1) is 5.41 Å². The summed E-state index contributed by atoms with van der Waals surface area (Å²) in [5.74, 6) is 0.748. The van der Waals surface area contributed by atoms with Crippen LogP contribution in [0.5, 0.6) is 11.5 Å². The fraction of sp³-hybridized carbons (Fsp3) is 0.455. The quantitative estimate of drug-likeness (QED) is 0.539. The van der Waals surface area contributed by atoms with Gasteiger partial charge in [-0.15, -0.1) is 0 Å². The molecular weight excluding hydrogens is 351 g/mol. The van der Waals surface area contributed by atoms with E-state index in [2.05, 4.69) is 34.6 Å². The molecular formula is C22H28F3NO. The van der Waals surface area contributed by atoms with E-state index >= 15 is 0 Å². The molecule has 2 aromatic carbocycles. The minimum Gasteiger partial charge on any atom is -0.455 e. The van der Waals surface area contributed by atoms with Gasteiger partial charge in [0.2, 0.25) is 0 Å². The molecule has 0 atom stereocenters. The molecule has 0 aliphatic rings. The Bertz CT molecular complexity index is 777. The first kappa shape index (κ1) is 21.1. The van der Waals surface area contributed by atoms with Crippen LogP contribution in [0.15, 0.2) is 42.5 Å². The molecule has 0 spiro atoms. The van der Waals surface area contributed by atoms with Gasteiger partial charge in [-0.1, -0.05) is 53.2 Å². The molecule has 0 bridgehead atoms. The lowest BCUT2D eigenvalue weighted by atomic mass is 9.70. The zero-order valence-corrected chi connectivity index (χ0v) is 16.6. The van der Waals surface area contributed by atoms with E-state index in [1.54, 1.807) is 0 Å². The summed E-state index contributed by atoms with van der Waals surface area (Å²) in [5.41, 5.74) is 6.33. The van der Waals surface area contributed by atoms with Crippen LogP contribution in [-0.2, 0) is 11.6 Å². The number of hydrogen-bond donors (Lipinski definition) is 1. The highest BCUT2D eigenvalue weighted by Gasteiger charge is 2.31. The van der Waals surface area contributed by atoms with Crippen LogP contribution in [0.2, 0.25) is 0 Å². The molecule has 27 heavy (non-hydrogen) atoms. The van der Waals surface area contributed by atoms with Gasteiger partial charge in [0.05, 0.1) is 11.3 Å². The number of nitrogen functional groups attached to an aromatic ring is 1. The van der Waals surface area contributed by atoms with E-state index in [-0.39, 0.29) is 22.3 Å². The van der Waals surface area contributed by atoms with Crippen molar-refractivity contribution in [3.05, 3.63) is 53.6 Å². The Morgan fingerprint density at radius 1 is 0.889 bits per heavy atom. The first-order chi connectivity index (χ1) is 12.3. The Balaban J connectivity index is 2.16. The summed E-state index contributed by atoms with van der Waals surface area (Å²) < 4.78 is 43.9. The van der Waals surface area contributed by atoms with Crippen LogP contribution >= 0.6 is 0 Å². The van der Waals surface area contributed by atoms with E-state index in [0.717, 1.165) is 25.0 Å². The highest BCUT2D eigenvalue weighted by atomic mass is 19.4. The van der Waals surface area contributed by atoms with Crippen molar-refractivity contribution in [2.45, 2.75) is 59.1 Å². The molecule has 148 valence electrons. The molecule has 2 rings (SSSR count). The van der Waals surface area contributed by atoms with Crippen molar-refractivity contribution in [3.63, 3.8) is 0 Å². The van der Waals surface area contributed by atoms with E-state index in [4.69, 9.17) is 10.5 Å². The Hall–Kier alpha value is -2.17. The summed E-state index contributed by atoms with van der Waals surface area (Å²) in [6.45, 7) is 11.2. The monoisotopic (exact) mass is 379 g/mol. The first-order valence-corrected chi connectivity index (χ1v) is 9.09. The Kier molecular flexibility index (Phi) is 5.83. The molecule has 0 aromatic heterocycles. The van der Waals surface area contributed by atoms with Gasteiger partial charge in [-0.2, -0.15) is 13.2 Å². The van der Waals surface area contributed by atoms with Gasteiger partial charge in [0.1, 0.15) is 11.5 Å². The van der Waals surface area contributed by atoms with E-state index in [9.17, 15) is 13.2 Å². The number of hydrogen-bond acceptors (Lipinski definition) is 2. The number of nitrogens with two attached hydrogens (primary N) is 1. The van der Waals surface area contributed by atoms with Crippen molar-refractivity contribution < 1.29 is 17.9 Å². The summed E-state index contributed by atoms with van der Waals surface area (Å²) in [7, 11) is 0. The third kappa shape index (κ3) is 5.41.